The zero-order valence-corrected chi connectivity index (χ0v) is 21.1. The molecule has 1 spiro atoms. The molecular weight excluding hydrogens is 436 g/mol. The first-order valence-electron chi connectivity index (χ1n) is 14.4. The molecule has 7 rings (SSSR count). The topological polar surface area (TPSA) is 66.3 Å². The molecule has 2 aromatic rings. The van der Waals surface area contributed by atoms with Crippen molar-refractivity contribution in [3.8, 4) is 0 Å². The number of piperazine rings is 1. The summed E-state index contributed by atoms with van der Waals surface area (Å²) in [4.78, 5) is 28.0. The van der Waals surface area contributed by atoms with Gasteiger partial charge in [0.15, 0.2) is 5.78 Å². The van der Waals surface area contributed by atoms with E-state index < -0.39 is 0 Å². The molecule has 3 aliphatic carbocycles. The van der Waals surface area contributed by atoms with Crippen molar-refractivity contribution in [2.75, 3.05) is 31.5 Å². The van der Waals surface area contributed by atoms with Crippen molar-refractivity contribution in [3.63, 3.8) is 0 Å². The molecule has 5 aliphatic rings. The van der Waals surface area contributed by atoms with Crippen LogP contribution in [0, 0.1) is 0 Å². The van der Waals surface area contributed by atoms with Gasteiger partial charge < -0.3 is 9.88 Å². The van der Waals surface area contributed by atoms with E-state index in [1.165, 1.54) is 96.8 Å². The molecule has 0 atom stereocenters. The molecule has 4 heterocycles. The van der Waals surface area contributed by atoms with E-state index in [9.17, 15) is 4.79 Å². The van der Waals surface area contributed by atoms with Gasteiger partial charge in [0.05, 0.1) is 5.69 Å². The predicted molar refractivity (Wildman–Crippen MR) is 138 cm³/mol. The third kappa shape index (κ3) is 4.08. The molecule has 35 heavy (non-hydrogen) atoms. The van der Waals surface area contributed by atoms with Crippen LogP contribution in [0.2, 0.25) is 0 Å². The molecule has 7 nitrogen and oxygen atoms in total. The van der Waals surface area contributed by atoms with Gasteiger partial charge in [0.1, 0.15) is 5.65 Å². The lowest BCUT2D eigenvalue weighted by atomic mass is 9.75. The van der Waals surface area contributed by atoms with E-state index in [0.29, 0.717) is 12.5 Å². The number of nitrogens with zero attached hydrogens (tertiary/aromatic N) is 5. The first-order chi connectivity index (χ1) is 17.2. The highest BCUT2D eigenvalue weighted by atomic mass is 16.1. The lowest BCUT2D eigenvalue weighted by Gasteiger charge is -2.43. The van der Waals surface area contributed by atoms with E-state index >= 15 is 0 Å². The van der Waals surface area contributed by atoms with Crippen LogP contribution in [-0.2, 0) is 5.54 Å². The Morgan fingerprint density at radius 3 is 2.17 bits per heavy atom. The van der Waals surface area contributed by atoms with Crippen molar-refractivity contribution in [1.82, 2.24) is 24.3 Å². The number of carbonyl (C=O) groups is 1. The molecule has 1 saturated heterocycles. The van der Waals surface area contributed by atoms with Crippen molar-refractivity contribution in [3.05, 3.63) is 18.0 Å². The monoisotopic (exact) mass is 476 g/mol. The molecule has 4 fully saturated rings. The minimum absolute atomic E-state index is 0.0798. The summed E-state index contributed by atoms with van der Waals surface area (Å²) in [6.07, 6.45) is 17.5. The van der Waals surface area contributed by atoms with Gasteiger partial charge in [-0.3, -0.25) is 14.6 Å². The van der Waals surface area contributed by atoms with Gasteiger partial charge in [-0.15, -0.1) is 0 Å². The largest absolute Gasteiger partial charge is 0.351 e. The van der Waals surface area contributed by atoms with E-state index in [-0.39, 0.29) is 11.3 Å². The Hall–Kier alpha value is -1.99. The first kappa shape index (κ1) is 22.2. The zero-order valence-electron chi connectivity index (χ0n) is 21.1. The molecular formula is C28H40N6O. The van der Waals surface area contributed by atoms with E-state index in [2.05, 4.69) is 24.7 Å². The number of fused-ring (bicyclic) bond motifs is 4. The van der Waals surface area contributed by atoms with Gasteiger partial charge in [-0.1, -0.05) is 19.3 Å². The van der Waals surface area contributed by atoms with Gasteiger partial charge in [-0.05, 0) is 63.9 Å². The Kier molecular flexibility index (Phi) is 5.61. The van der Waals surface area contributed by atoms with Gasteiger partial charge in [-0.25, -0.2) is 4.98 Å². The van der Waals surface area contributed by atoms with Gasteiger partial charge in [0, 0.05) is 67.8 Å². The van der Waals surface area contributed by atoms with Crippen LogP contribution < -0.4 is 5.32 Å². The Morgan fingerprint density at radius 1 is 0.857 bits per heavy atom. The Morgan fingerprint density at radius 2 is 1.51 bits per heavy atom. The summed E-state index contributed by atoms with van der Waals surface area (Å²) in [7, 11) is 0. The zero-order chi connectivity index (χ0) is 23.4. The van der Waals surface area contributed by atoms with Crippen LogP contribution in [0.25, 0.3) is 11.0 Å². The molecule has 0 bridgehead atoms. The number of aromatic nitrogens is 3. The molecule has 0 radical (unpaired) electrons. The first-order valence-corrected chi connectivity index (χ1v) is 14.4. The second kappa shape index (κ2) is 8.84. The number of carbonyl (C=O) groups excluding carboxylic acids is 1. The number of anilines is 1. The number of rotatable bonds is 4. The summed E-state index contributed by atoms with van der Waals surface area (Å²) >= 11 is 0. The van der Waals surface area contributed by atoms with Crippen LogP contribution >= 0.6 is 0 Å². The van der Waals surface area contributed by atoms with Crippen molar-refractivity contribution >= 4 is 22.8 Å². The van der Waals surface area contributed by atoms with Crippen LogP contribution in [-0.4, -0.2) is 74.4 Å². The van der Waals surface area contributed by atoms with Crippen LogP contribution in [0.5, 0.6) is 0 Å². The molecule has 7 heteroatoms. The number of hydrogen-bond acceptors (Lipinski definition) is 6. The lowest BCUT2D eigenvalue weighted by molar-refractivity contribution is 0.0737. The van der Waals surface area contributed by atoms with Crippen LogP contribution in [0.3, 0.4) is 0 Å². The number of Topliss-reactive ketones (excluding diaryl/α,β-unsaturated/α-hetero) is 1. The van der Waals surface area contributed by atoms with Crippen molar-refractivity contribution in [2.45, 2.75) is 107 Å². The van der Waals surface area contributed by atoms with Crippen molar-refractivity contribution in [2.24, 2.45) is 0 Å². The maximum Gasteiger partial charge on any atom is 0.224 e. The number of hydrogen-bond donors (Lipinski definition) is 1. The Bertz CT molecular complexity index is 1080. The fourth-order valence-corrected chi connectivity index (χ4v) is 7.69. The minimum Gasteiger partial charge on any atom is -0.351 e. The summed E-state index contributed by atoms with van der Waals surface area (Å²) in [5.41, 5.74) is 1.91. The average molecular weight is 477 g/mol. The second-order valence-electron chi connectivity index (χ2n) is 12.0. The smallest absolute Gasteiger partial charge is 0.224 e. The van der Waals surface area contributed by atoms with Crippen LogP contribution in [0.4, 0.5) is 5.95 Å². The van der Waals surface area contributed by atoms with E-state index in [1.54, 1.807) is 0 Å². The third-order valence-corrected chi connectivity index (χ3v) is 9.86. The normalized spacial score (nSPS) is 30.0. The predicted octanol–water partition coefficient (Wildman–Crippen LogP) is 4.57. The molecule has 2 aromatic heterocycles. The second-order valence-corrected chi connectivity index (χ2v) is 12.0. The fourth-order valence-electron chi connectivity index (χ4n) is 7.69. The number of ketones is 1. The maximum absolute atomic E-state index is 12.8. The molecule has 2 aliphatic heterocycles. The lowest BCUT2D eigenvalue weighted by Crippen LogP contribution is -2.52. The summed E-state index contributed by atoms with van der Waals surface area (Å²) in [6.45, 7) is 5.03. The quantitative estimate of drug-likeness (QED) is 0.697. The van der Waals surface area contributed by atoms with Gasteiger partial charge in [-0.2, -0.15) is 4.98 Å². The van der Waals surface area contributed by atoms with E-state index in [0.717, 1.165) is 41.2 Å². The highest BCUT2D eigenvalue weighted by Gasteiger charge is 2.41. The Balaban J connectivity index is 1.04. The molecule has 0 aromatic carbocycles. The average Bonchev–Trinajstić information content (AvgIpc) is 3.68. The van der Waals surface area contributed by atoms with Gasteiger partial charge in [0.2, 0.25) is 5.95 Å². The van der Waals surface area contributed by atoms with Crippen molar-refractivity contribution in [1.29, 1.82) is 0 Å². The van der Waals surface area contributed by atoms with Crippen LogP contribution in [0.1, 0.15) is 94.0 Å². The van der Waals surface area contributed by atoms with E-state index in [1.807, 2.05) is 12.3 Å². The highest BCUT2D eigenvalue weighted by Crippen LogP contribution is 2.45. The Labute approximate surface area is 208 Å². The SMILES string of the molecule is O=C1CCC2(CCCCC2)n2c1cc1cnc(NC3CCC(N4CCN(C5CC5)CC4)CC3)nc12. The van der Waals surface area contributed by atoms with Crippen molar-refractivity contribution < 1.29 is 4.79 Å². The maximum atomic E-state index is 12.8. The van der Waals surface area contributed by atoms with Gasteiger partial charge in [0.25, 0.3) is 0 Å². The summed E-state index contributed by atoms with van der Waals surface area (Å²) in [5, 5.41) is 4.69. The van der Waals surface area contributed by atoms with Gasteiger partial charge >= 0.3 is 0 Å². The fraction of sp³-hybridized carbons (Fsp3) is 0.750. The molecule has 188 valence electrons. The van der Waals surface area contributed by atoms with E-state index in [4.69, 9.17) is 4.98 Å². The highest BCUT2D eigenvalue weighted by molar-refractivity contribution is 6.00. The number of nitrogens with one attached hydrogen (secondary N) is 1. The summed E-state index contributed by atoms with van der Waals surface area (Å²) in [6, 6.07) is 4.14. The molecule has 0 unspecified atom stereocenters. The summed E-state index contributed by atoms with van der Waals surface area (Å²) in [5.74, 6) is 1.01. The molecule has 1 N–H and O–H groups in total. The molecule has 0 amide bonds. The standard InChI is InChI=1S/C28H40N6O/c35-25-10-13-28(11-2-1-3-12-28)34-24(25)18-20-19-29-27(31-26(20)34)30-21-4-6-22(7-5-21)32-14-16-33(17-15-32)23-8-9-23/h18-19,21-23H,1-17H2,(H,29,30,31). The molecule has 3 saturated carbocycles. The minimum atomic E-state index is 0.0798. The summed E-state index contributed by atoms with van der Waals surface area (Å²) < 4.78 is 2.33. The van der Waals surface area contributed by atoms with Crippen LogP contribution in [0.15, 0.2) is 12.3 Å². The third-order valence-electron chi connectivity index (χ3n) is 9.86.